The zero-order valence-corrected chi connectivity index (χ0v) is 13.5. The van der Waals surface area contributed by atoms with Crippen LogP contribution in [-0.2, 0) is 21.2 Å². The Morgan fingerprint density at radius 1 is 1.21 bits per heavy atom. The smallest absolute Gasteiger partial charge is 0.259 e. The van der Waals surface area contributed by atoms with Crippen LogP contribution in [0.3, 0.4) is 0 Å². The van der Waals surface area contributed by atoms with Crippen molar-refractivity contribution >= 4 is 27.5 Å². The summed E-state index contributed by atoms with van der Waals surface area (Å²) in [5, 5.41) is 0. The minimum atomic E-state index is -3.42. The van der Waals surface area contributed by atoms with E-state index in [1.165, 1.54) is 12.1 Å². The Morgan fingerprint density at radius 3 is 2.88 bits per heavy atom. The lowest BCUT2D eigenvalue weighted by molar-refractivity contribution is -0.114. The Kier molecular flexibility index (Phi) is 3.31. The second kappa shape index (κ2) is 5.27. The number of fused-ring (bicyclic) bond motifs is 2. The highest BCUT2D eigenvalue weighted by Gasteiger charge is 2.30. The summed E-state index contributed by atoms with van der Waals surface area (Å²) in [6.07, 6.45) is 5.16. The van der Waals surface area contributed by atoms with Gasteiger partial charge in [0.25, 0.3) is 15.9 Å². The quantitative estimate of drug-likeness (QED) is 0.766. The van der Waals surface area contributed by atoms with Crippen molar-refractivity contribution in [3.8, 4) is 0 Å². The summed E-state index contributed by atoms with van der Waals surface area (Å²) in [6.45, 7) is 0.684. The summed E-state index contributed by atoms with van der Waals surface area (Å²) < 4.78 is 40.5. The molecule has 124 valence electrons. The molecule has 3 aliphatic rings. The van der Waals surface area contributed by atoms with Gasteiger partial charge >= 0.3 is 0 Å². The van der Waals surface area contributed by atoms with Gasteiger partial charge in [0, 0.05) is 24.9 Å². The molecule has 0 fully saturated rings. The number of anilines is 1. The van der Waals surface area contributed by atoms with Gasteiger partial charge in [-0.2, -0.15) is 0 Å². The first kappa shape index (κ1) is 15.1. The van der Waals surface area contributed by atoms with Crippen LogP contribution in [-0.4, -0.2) is 43.9 Å². The number of benzene rings is 1. The fraction of sp³-hybridized carbons (Fsp3) is 0.250. The highest BCUT2D eigenvalue weighted by molar-refractivity contribution is 7.90. The largest absolute Gasteiger partial charge is 0.330 e. The van der Waals surface area contributed by atoms with Crippen molar-refractivity contribution in [3.63, 3.8) is 0 Å². The summed E-state index contributed by atoms with van der Waals surface area (Å²) >= 11 is 0. The molecule has 0 aromatic heterocycles. The fourth-order valence-corrected chi connectivity index (χ4v) is 4.06. The van der Waals surface area contributed by atoms with Crippen LogP contribution in [0.5, 0.6) is 0 Å². The third kappa shape index (κ3) is 2.43. The van der Waals surface area contributed by atoms with Crippen molar-refractivity contribution in [2.24, 2.45) is 4.40 Å². The van der Waals surface area contributed by atoms with Gasteiger partial charge in [0.1, 0.15) is 11.7 Å². The van der Waals surface area contributed by atoms with Crippen LogP contribution in [0.25, 0.3) is 0 Å². The molecule has 0 saturated heterocycles. The standard InChI is InChI=1S/C16H14FN3O3S/c17-13-2-1-3-14-12(13)6-7-20(14)16(21)11-4-5-15-18-24(22,23)9-8-19(15)10-11/h1-5,10H,6-9H2. The van der Waals surface area contributed by atoms with Crippen LogP contribution >= 0.6 is 0 Å². The van der Waals surface area contributed by atoms with Gasteiger partial charge in [-0.1, -0.05) is 6.07 Å². The van der Waals surface area contributed by atoms with Gasteiger partial charge in [-0.3, -0.25) is 4.79 Å². The molecular formula is C16H14FN3O3S. The predicted octanol–water partition coefficient (Wildman–Crippen LogP) is 1.21. The average Bonchev–Trinajstić information content (AvgIpc) is 2.98. The molecule has 0 aliphatic carbocycles. The number of halogens is 1. The first-order chi connectivity index (χ1) is 11.4. The summed E-state index contributed by atoms with van der Waals surface area (Å²) in [5.74, 6) is -0.305. The van der Waals surface area contributed by atoms with Crippen LogP contribution in [0.4, 0.5) is 10.1 Å². The van der Waals surface area contributed by atoms with Crippen LogP contribution in [0.15, 0.2) is 46.5 Å². The molecule has 8 heteroatoms. The minimum absolute atomic E-state index is 0.0833. The predicted molar refractivity (Wildman–Crippen MR) is 87.6 cm³/mol. The van der Waals surface area contributed by atoms with E-state index in [1.54, 1.807) is 34.2 Å². The van der Waals surface area contributed by atoms with Crippen molar-refractivity contribution in [2.45, 2.75) is 6.42 Å². The molecule has 3 aliphatic heterocycles. The van der Waals surface area contributed by atoms with Gasteiger partial charge in [-0.05, 0) is 30.7 Å². The molecule has 1 amide bonds. The Balaban J connectivity index is 1.63. The third-order valence-corrected chi connectivity index (χ3v) is 5.45. The number of hydrogen-bond acceptors (Lipinski definition) is 4. The van der Waals surface area contributed by atoms with Gasteiger partial charge in [-0.15, -0.1) is 4.40 Å². The topological polar surface area (TPSA) is 70.0 Å². The number of amides is 1. The van der Waals surface area contributed by atoms with E-state index in [0.717, 1.165) is 0 Å². The molecule has 0 N–H and O–H groups in total. The van der Waals surface area contributed by atoms with Crippen LogP contribution in [0.1, 0.15) is 5.56 Å². The van der Waals surface area contributed by atoms with Crippen molar-refractivity contribution in [1.82, 2.24) is 4.90 Å². The first-order valence-electron chi connectivity index (χ1n) is 7.53. The fourth-order valence-electron chi connectivity index (χ4n) is 3.09. The molecule has 1 aromatic carbocycles. The van der Waals surface area contributed by atoms with Crippen molar-refractivity contribution in [3.05, 3.63) is 53.5 Å². The van der Waals surface area contributed by atoms with Gasteiger partial charge in [-0.25, -0.2) is 12.8 Å². The molecule has 0 bridgehead atoms. The zero-order valence-electron chi connectivity index (χ0n) is 12.6. The third-order valence-electron chi connectivity index (χ3n) is 4.29. The number of amidine groups is 1. The van der Waals surface area contributed by atoms with Crippen molar-refractivity contribution < 1.29 is 17.6 Å². The van der Waals surface area contributed by atoms with Gasteiger partial charge in [0.2, 0.25) is 0 Å². The van der Waals surface area contributed by atoms with Gasteiger partial charge in [0.15, 0.2) is 0 Å². The molecule has 1 aromatic rings. The second-order valence-electron chi connectivity index (χ2n) is 5.79. The number of rotatable bonds is 1. The maximum atomic E-state index is 13.8. The maximum absolute atomic E-state index is 13.8. The van der Waals surface area contributed by atoms with E-state index in [0.29, 0.717) is 35.6 Å². The molecule has 24 heavy (non-hydrogen) atoms. The lowest BCUT2D eigenvalue weighted by Gasteiger charge is -2.28. The monoisotopic (exact) mass is 347 g/mol. The van der Waals surface area contributed by atoms with E-state index >= 15 is 0 Å². The summed E-state index contributed by atoms with van der Waals surface area (Å²) in [5.41, 5.74) is 1.57. The first-order valence-corrected chi connectivity index (χ1v) is 9.14. The highest BCUT2D eigenvalue weighted by Crippen LogP contribution is 2.31. The molecule has 0 spiro atoms. The van der Waals surface area contributed by atoms with E-state index in [9.17, 15) is 17.6 Å². The molecule has 0 unspecified atom stereocenters. The Labute approximate surface area is 138 Å². The Morgan fingerprint density at radius 2 is 2.04 bits per heavy atom. The average molecular weight is 347 g/mol. The van der Waals surface area contributed by atoms with E-state index in [2.05, 4.69) is 4.40 Å². The zero-order chi connectivity index (χ0) is 16.9. The lowest BCUT2D eigenvalue weighted by atomic mass is 10.1. The number of carbonyl (C=O) groups excluding carboxylic acids is 1. The number of hydrogen-bond donors (Lipinski definition) is 0. The van der Waals surface area contributed by atoms with Gasteiger partial charge in [0.05, 0.1) is 17.0 Å². The van der Waals surface area contributed by atoms with E-state index in [-0.39, 0.29) is 24.0 Å². The number of sulfonamides is 1. The lowest BCUT2D eigenvalue weighted by Crippen LogP contribution is -2.38. The summed E-state index contributed by atoms with van der Waals surface area (Å²) in [4.78, 5) is 16.0. The summed E-state index contributed by atoms with van der Waals surface area (Å²) in [7, 11) is -3.42. The second-order valence-corrected chi connectivity index (χ2v) is 7.55. The highest BCUT2D eigenvalue weighted by atomic mass is 32.2. The minimum Gasteiger partial charge on any atom is -0.330 e. The molecule has 0 saturated carbocycles. The molecule has 4 rings (SSSR count). The van der Waals surface area contributed by atoms with Crippen LogP contribution in [0, 0.1) is 5.82 Å². The Hall–Kier alpha value is -2.48. The molecule has 3 heterocycles. The summed E-state index contributed by atoms with van der Waals surface area (Å²) in [6, 6.07) is 4.71. The van der Waals surface area contributed by atoms with Gasteiger partial charge < -0.3 is 9.80 Å². The Bertz CT molecular complexity index is 934. The van der Waals surface area contributed by atoms with Crippen LogP contribution in [0.2, 0.25) is 0 Å². The SMILES string of the molecule is O=C(C1=CN2CCS(=O)(=O)N=C2C=C1)N1CCc2c(F)cccc21. The van der Waals surface area contributed by atoms with E-state index in [4.69, 9.17) is 0 Å². The maximum Gasteiger partial charge on any atom is 0.259 e. The molecule has 0 radical (unpaired) electrons. The van der Waals surface area contributed by atoms with Crippen molar-refractivity contribution in [1.29, 1.82) is 0 Å². The van der Waals surface area contributed by atoms with Crippen LogP contribution < -0.4 is 4.90 Å². The normalized spacial score (nSPS) is 21.0. The molecule has 6 nitrogen and oxygen atoms in total. The molecular weight excluding hydrogens is 333 g/mol. The van der Waals surface area contributed by atoms with E-state index < -0.39 is 10.0 Å². The van der Waals surface area contributed by atoms with Crippen molar-refractivity contribution in [2.75, 3.05) is 23.7 Å². The number of carbonyl (C=O) groups is 1. The number of nitrogens with zero attached hydrogens (tertiary/aromatic N) is 3. The molecule has 0 atom stereocenters. The van der Waals surface area contributed by atoms with E-state index in [1.807, 2.05) is 0 Å².